The molecule has 0 saturated carbocycles. The van der Waals surface area contributed by atoms with E-state index < -0.39 is 34.4 Å². The molecule has 5 rings (SSSR count). The van der Waals surface area contributed by atoms with Gasteiger partial charge in [0, 0.05) is 33.8 Å². The van der Waals surface area contributed by atoms with Gasteiger partial charge in [0.05, 0.1) is 5.92 Å². The number of fused-ring (bicyclic) bond motifs is 4. The highest BCUT2D eigenvalue weighted by molar-refractivity contribution is 6.30. The molecule has 4 atom stereocenters. The number of nitrogens with zero attached hydrogens (tertiary/aromatic N) is 2. The Morgan fingerprint density at radius 2 is 1.97 bits per heavy atom. The normalized spacial score (nSPS) is 33.0. The first-order chi connectivity index (χ1) is 14.0. The van der Waals surface area contributed by atoms with Gasteiger partial charge < -0.3 is 10.4 Å². The summed E-state index contributed by atoms with van der Waals surface area (Å²) in [6, 6.07) is 13.8. The highest BCUT2D eigenvalue weighted by Gasteiger charge is 2.82. The van der Waals surface area contributed by atoms with Crippen LogP contribution in [0.2, 0.25) is 5.02 Å². The molecule has 3 aliphatic heterocycles. The van der Waals surface area contributed by atoms with E-state index in [0.29, 0.717) is 28.4 Å². The van der Waals surface area contributed by atoms with Crippen LogP contribution in [-0.2, 0) is 10.3 Å². The van der Waals surface area contributed by atoms with Gasteiger partial charge in [0.15, 0.2) is 0 Å². The minimum Gasteiger partial charge on any atom is -0.389 e. The zero-order valence-electron chi connectivity index (χ0n) is 15.5. The van der Waals surface area contributed by atoms with Gasteiger partial charge in [0.25, 0.3) is 11.4 Å². The summed E-state index contributed by atoms with van der Waals surface area (Å²) < 4.78 is 0. The minimum atomic E-state index is -1.91. The highest BCUT2D eigenvalue weighted by Crippen LogP contribution is 2.63. The fourth-order valence-electron chi connectivity index (χ4n) is 5.99. The van der Waals surface area contributed by atoms with Crippen LogP contribution < -0.4 is 5.32 Å². The Labute approximate surface area is 172 Å². The predicted molar refractivity (Wildman–Crippen MR) is 107 cm³/mol. The Bertz CT molecular complexity index is 1010. The summed E-state index contributed by atoms with van der Waals surface area (Å²) in [5.74, 6) is -1.09. The molecule has 150 valence electrons. The second-order valence-corrected chi connectivity index (χ2v) is 8.42. The number of anilines is 1. The monoisotopic (exact) mass is 413 g/mol. The highest BCUT2D eigenvalue weighted by atomic mass is 35.5. The fourth-order valence-corrected chi connectivity index (χ4v) is 6.12. The van der Waals surface area contributed by atoms with Crippen LogP contribution in [0.15, 0.2) is 48.5 Å². The molecule has 0 aromatic heterocycles. The van der Waals surface area contributed by atoms with Crippen molar-refractivity contribution < 1.29 is 14.8 Å². The quantitative estimate of drug-likeness (QED) is 0.596. The van der Waals surface area contributed by atoms with Crippen LogP contribution in [-0.4, -0.2) is 45.6 Å². The number of aliphatic hydroxyl groups excluding tert-OH is 1. The molecule has 1 unspecified atom stereocenters. The van der Waals surface area contributed by atoms with Crippen molar-refractivity contribution in [1.29, 1.82) is 0 Å². The molecule has 0 radical (unpaired) electrons. The van der Waals surface area contributed by atoms with Crippen LogP contribution in [0.4, 0.5) is 5.69 Å². The van der Waals surface area contributed by atoms with Crippen molar-refractivity contribution >= 4 is 23.2 Å². The van der Waals surface area contributed by atoms with Crippen molar-refractivity contribution in [2.75, 3.05) is 18.5 Å². The number of rotatable bonds is 3. The van der Waals surface area contributed by atoms with Crippen LogP contribution in [0.25, 0.3) is 0 Å². The minimum absolute atomic E-state index is 0.231. The van der Waals surface area contributed by atoms with E-state index in [2.05, 4.69) is 5.32 Å². The lowest BCUT2D eigenvalue weighted by Gasteiger charge is -2.39. The zero-order valence-corrected chi connectivity index (χ0v) is 16.3. The number of nitro groups is 1. The van der Waals surface area contributed by atoms with E-state index in [1.54, 1.807) is 48.5 Å². The summed E-state index contributed by atoms with van der Waals surface area (Å²) in [7, 11) is 0. The number of halogens is 1. The van der Waals surface area contributed by atoms with E-state index in [4.69, 9.17) is 11.6 Å². The van der Waals surface area contributed by atoms with E-state index >= 15 is 0 Å². The molecular formula is C21H20ClN3O4. The summed E-state index contributed by atoms with van der Waals surface area (Å²) in [5.41, 5.74) is -1.62. The Morgan fingerprint density at radius 3 is 2.66 bits per heavy atom. The largest absolute Gasteiger partial charge is 0.389 e. The van der Waals surface area contributed by atoms with E-state index in [0.717, 1.165) is 12.8 Å². The second kappa shape index (κ2) is 6.26. The number of hydrogen-bond donors (Lipinski definition) is 2. The number of carbonyl (C=O) groups excluding carboxylic acids is 1. The number of para-hydroxylation sites is 1. The van der Waals surface area contributed by atoms with Crippen LogP contribution in [0.5, 0.6) is 0 Å². The lowest BCUT2D eigenvalue weighted by Crippen LogP contribution is -2.66. The third-order valence-corrected chi connectivity index (χ3v) is 7.20. The van der Waals surface area contributed by atoms with Crippen molar-refractivity contribution in [3.8, 4) is 0 Å². The molecular weight excluding hydrogens is 394 g/mol. The van der Waals surface area contributed by atoms with Crippen molar-refractivity contribution in [2.24, 2.45) is 0 Å². The van der Waals surface area contributed by atoms with Crippen molar-refractivity contribution in [3.63, 3.8) is 0 Å². The lowest BCUT2D eigenvalue weighted by atomic mass is 9.66. The summed E-state index contributed by atoms with van der Waals surface area (Å²) in [6.45, 7) is -0.186. The Hall–Kier alpha value is -2.48. The third-order valence-electron chi connectivity index (χ3n) is 6.95. The maximum Gasteiger partial charge on any atom is 0.284 e. The van der Waals surface area contributed by atoms with Gasteiger partial charge in [-0.3, -0.25) is 19.8 Å². The molecule has 2 N–H and O–H groups in total. The summed E-state index contributed by atoms with van der Waals surface area (Å²) in [5, 5.41) is 26.8. The van der Waals surface area contributed by atoms with Crippen LogP contribution in [0.3, 0.4) is 0 Å². The summed E-state index contributed by atoms with van der Waals surface area (Å²) in [4.78, 5) is 27.8. The molecule has 2 aromatic carbocycles. The molecule has 2 fully saturated rings. The number of amides is 1. The molecule has 2 aromatic rings. The molecule has 0 bridgehead atoms. The van der Waals surface area contributed by atoms with Gasteiger partial charge in [-0.2, -0.15) is 0 Å². The van der Waals surface area contributed by atoms with Crippen LogP contribution in [0, 0.1) is 10.1 Å². The first-order valence-corrected chi connectivity index (χ1v) is 10.0. The molecule has 29 heavy (non-hydrogen) atoms. The Balaban J connectivity index is 1.85. The summed E-state index contributed by atoms with van der Waals surface area (Å²) >= 11 is 6.05. The summed E-state index contributed by atoms with van der Waals surface area (Å²) in [6.07, 6.45) is 1.56. The maximum absolute atomic E-state index is 13.5. The molecule has 2 saturated heterocycles. The SMILES string of the molecule is O=C1Nc2ccccc2C12N1CCC[C@@H]1[C@@H](c1ccc(Cl)cc1)[C@]2(CO)[N+](=O)[O-]. The molecule has 3 aliphatic rings. The maximum atomic E-state index is 13.5. The van der Waals surface area contributed by atoms with Gasteiger partial charge >= 0.3 is 0 Å². The molecule has 3 heterocycles. The van der Waals surface area contributed by atoms with E-state index in [9.17, 15) is 20.0 Å². The van der Waals surface area contributed by atoms with E-state index in [1.165, 1.54) is 0 Å². The molecule has 8 heteroatoms. The number of nitrogens with one attached hydrogen (secondary N) is 1. The fraction of sp³-hybridized carbons (Fsp3) is 0.381. The van der Waals surface area contributed by atoms with Gasteiger partial charge in [0.2, 0.25) is 5.54 Å². The van der Waals surface area contributed by atoms with Gasteiger partial charge in [0.1, 0.15) is 6.61 Å². The average molecular weight is 414 g/mol. The number of benzene rings is 2. The average Bonchev–Trinajstić information content (AvgIpc) is 3.35. The third kappa shape index (κ3) is 2.07. The van der Waals surface area contributed by atoms with Crippen molar-refractivity contribution in [2.45, 2.75) is 35.9 Å². The van der Waals surface area contributed by atoms with Gasteiger partial charge in [-0.05, 0) is 36.6 Å². The first-order valence-electron chi connectivity index (χ1n) is 9.67. The molecule has 1 amide bonds. The van der Waals surface area contributed by atoms with Crippen LogP contribution in [0.1, 0.15) is 29.9 Å². The molecule has 0 aliphatic carbocycles. The van der Waals surface area contributed by atoms with E-state index in [-0.39, 0.29) is 6.04 Å². The zero-order chi connectivity index (χ0) is 20.4. The van der Waals surface area contributed by atoms with Gasteiger partial charge in [-0.25, -0.2) is 0 Å². The van der Waals surface area contributed by atoms with Gasteiger partial charge in [-0.1, -0.05) is 41.9 Å². The standard InChI is InChI=1S/C21H20ClN3O4/c22-14-9-7-13(8-10-14)18-17-6-3-11-24(17)21(20(18,12-26)25(28)29)15-4-1-2-5-16(15)23-19(21)27/h1-2,4-5,7-10,17-18,26H,3,6,11-12H2,(H,23,27)/t17-,18-,20+,21?/m1/s1. The predicted octanol–water partition coefficient (Wildman–Crippen LogP) is 2.76. The first kappa shape index (κ1) is 18.5. The second-order valence-electron chi connectivity index (χ2n) is 7.98. The number of aliphatic hydroxyl groups is 1. The number of hydrogen-bond acceptors (Lipinski definition) is 5. The Morgan fingerprint density at radius 1 is 1.24 bits per heavy atom. The lowest BCUT2D eigenvalue weighted by molar-refractivity contribution is -0.587. The van der Waals surface area contributed by atoms with E-state index in [1.807, 2.05) is 4.90 Å². The van der Waals surface area contributed by atoms with Crippen LogP contribution >= 0.6 is 11.6 Å². The van der Waals surface area contributed by atoms with Gasteiger partial charge in [-0.15, -0.1) is 0 Å². The molecule has 1 spiro atoms. The van der Waals surface area contributed by atoms with Crippen molar-refractivity contribution in [1.82, 2.24) is 4.90 Å². The molecule has 7 nitrogen and oxygen atoms in total. The Kier molecular flexibility index (Phi) is 4.00. The smallest absolute Gasteiger partial charge is 0.284 e. The number of carbonyl (C=O) groups is 1. The topological polar surface area (TPSA) is 95.7 Å². The van der Waals surface area contributed by atoms with Crippen molar-refractivity contribution in [3.05, 3.63) is 74.8 Å².